The molecule has 0 aromatic heterocycles. The zero-order chi connectivity index (χ0) is 18.5. The Kier molecular flexibility index (Phi) is 10.5. The number of unbranched alkanes of at least 4 members (excludes halogenated alkanes) is 5. The van der Waals surface area contributed by atoms with Gasteiger partial charge < -0.3 is 10.5 Å². The van der Waals surface area contributed by atoms with Crippen LogP contribution in [0.5, 0.6) is 0 Å². The molecule has 142 valence electrons. The van der Waals surface area contributed by atoms with Crippen molar-refractivity contribution in [2.45, 2.75) is 90.5 Å². The Labute approximate surface area is 154 Å². The number of ether oxygens (including phenoxy) is 1. The lowest BCUT2D eigenvalue weighted by Gasteiger charge is -2.24. The van der Waals surface area contributed by atoms with Crippen molar-refractivity contribution in [2.24, 2.45) is 5.73 Å². The quantitative estimate of drug-likeness (QED) is 0.394. The topological polar surface area (TPSA) is 52.3 Å². The summed E-state index contributed by atoms with van der Waals surface area (Å²) >= 11 is 0. The van der Waals surface area contributed by atoms with Gasteiger partial charge in [-0.3, -0.25) is 4.79 Å². The van der Waals surface area contributed by atoms with Gasteiger partial charge in [-0.15, -0.1) is 0 Å². The summed E-state index contributed by atoms with van der Waals surface area (Å²) in [6, 6.07) is 8.98. The van der Waals surface area contributed by atoms with E-state index in [1.54, 1.807) is 0 Å². The van der Waals surface area contributed by atoms with Crippen LogP contribution in [-0.4, -0.2) is 18.1 Å². The highest BCUT2D eigenvalue weighted by Crippen LogP contribution is 2.17. The molecular weight excluding hydrogens is 310 g/mol. The molecule has 0 aliphatic rings. The zero-order valence-corrected chi connectivity index (χ0v) is 16.5. The van der Waals surface area contributed by atoms with Crippen LogP contribution < -0.4 is 5.73 Å². The molecule has 25 heavy (non-hydrogen) atoms. The lowest BCUT2D eigenvalue weighted by Crippen LogP contribution is -2.38. The minimum Gasteiger partial charge on any atom is -0.466 e. The molecule has 0 saturated heterocycles. The summed E-state index contributed by atoms with van der Waals surface area (Å²) in [7, 11) is 0. The number of carbonyl (C=O) groups excluding carboxylic acids is 1. The van der Waals surface area contributed by atoms with Gasteiger partial charge in [0.2, 0.25) is 0 Å². The standard InChI is InChI=1S/C22H37NO2/c1-4-5-6-7-8-9-10-20-11-13-21(14-12-20)15-16-22(3,23)17-18-25-19(2)24/h11-14H,4-10,15-18,23H2,1-3H3. The predicted octanol–water partition coefficient (Wildman–Crippen LogP) is 5.19. The second-order valence-electron chi connectivity index (χ2n) is 7.58. The van der Waals surface area contributed by atoms with Crippen LogP contribution in [0, 0.1) is 0 Å². The maximum atomic E-state index is 10.8. The Balaban J connectivity index is 2.25. The van der Waals surface area contributed by atoms with Crippen LogP contribution in [-0.2, 0) is 22.4 Å². The van der Waals surface area contributed by atoms with Gasteiger partial charge >= 0.3 is 5.97 Å². The van der Waals surface area contributed by atoms with Gasteiger partial charge in [0, 0.05) is 12.5 Å². The fourth-order valence-electron chi connectivity index (χ4n) is 2.96. The minimum absolute atomic E-state index is 0.239. The van der Waals surface area contributed by atoms with Gasteiger partial charge in [-0.25, -0.2) is 0 Å². The monoisotopic (exact) mass is 347 g/mol. The Bertz CT molecular complexity index is 479. The minimum atomic E-state index is -0.299. The van der Waals surface area contributed by atoms with Crippen molar-refractivity contribution in [3.05, 3.63) is 35.4 Å². The van der Waals surface area contributed by atoms with Gasteiger partial charge in [-0.1, -0.05) is 63.3 Å². The maximum Gasteiger partial charge on any atom is 0.302 e. The van der Waals surface area contributed by atoms with Gasteiger partial charge in [0.05, 0.1) is 6.61 Å². The molecule has 0 heterocycles. The van der Waals surface area contributed by atoms with E-state index in [0.717, 1.165) is 12.8 Å². The van der Waals surface area contributed by atoms with E-state index in [2.05, 4.69) is 31.2 Å². The van der Waals surface area contributed by atoms with Crippen molar-refractivity contribution in [3.63, 3.8) is 0 Å². The van der Waals surface area contributed by atoms with Crippen molar-refractivity contribution < 1.29 is 9.53 Å². The summed E-state index contributed by atoms with van der Waals surface area (Å²) in [6.45, 7) is 6.12. The second-order valence-corrected chi connectivity index (χ2v) is 7.58. The smallest absolute Gasteiger partial charge is 0.302 e. The van der Waals surface area contributed by atoms with Crippen LogP contribution in [0.1, 0.15) is 83.3 Å². The molecule has 1 aromatic rings. The second kappa shape index (κ2) is 12.1. The van der Waals surface area contributed by atoms with E-state index < -0.39 is 0 Å². The van der Waals surface area contributed by atoms with Gasteiger partial charge in [-0.05, 0) is 50.2 Å². The third-order valence-electron chi connectivity index (χ3n) is 4.81. The normalized spacial score (nSPS) is 13.4. The largest absolute Gasteiger partial charge is 0.466 e. The number of hydrogen-bond acceptors (Lipinski definition) is 3. The predicted molar refractivity (Wildman–Crippen MR) is 106 cm³/mol. The first kappa shape index (κ1) is 21.7. The molecule has 0 fully saturated rings. The van der Waals surface area contributed by atoms with Gasteiger partial charge in [0.25, 0.3) is 0 Å². The Morgan fingerprint density at radius 3 is 2.12 bits per heavy atom. The van der Waals surface area contributed by atoms with Crippen LogP contribution >= 0.6 is 0 Å². The molecule has 0 aliphatic carbocycles. The molecule has 2 N–H and O–H groups in total. The maximum absolute atomic E-state index is 10.8. The molecule has 3 heteroatoms. The molecule has 0 saturated carbocycles. The molecule has 3 nitrogen and oxygen atoms in total. The number of carbonyl (C=O) groups is 1. The lowest BCUT2D eigenvalue weighted by molar-refractivity contribution is -0.141. The Hall–Kier alpha value is -1.35. The summed E-state index contributed by atoms with van der Waals surface area (Å²) < 4.78 is 4.99. The number of rotatable bonds is 13. The molecular formula is C22H37NO2. The van der Waals surface area contributed by atoms with E-state index in [1.165, 1.54) is 63.0 Å². The van der Waals surface area contributed by atoms with E-state index in [0.29, 0.717) is 13.0 Å². The van der Waals surface area contributed by atoms with Crippen LogP contribution in [0.25, 0.3) is 0 Å². The van der Waals surface area contributed by atoms with Gasteiger partial charge in [0.15, 0.2) is 0 Å². The summed E-state index contributed by atoms with van der Waals surface area (Å²) in [4.78, 5) is 10.8. The fraction of sp³-hybridized carbons (Fsp3) is 0.682. The zero-order valence-electron chi connectivity index (χ0n) is 16.5. The van der Waals surface area contributed by atoms with Gasteiger partial charge in [-0.2, -0.15) is 0 Å². The highest BCUT2D eigenvalue weighted by molar-refractivity contribution is 5.65. The average molecular weight is 348 g/mol. The molecule has 1 rings (SSSR count). The third-order valence-corrected chi connectivity index (χ3v) is 4.81. The van der Waals surface area contributed by atoms with Crippen molar-refractivity contribution >= 4 is 5.97 Å². The molecule has 1 atom stereocenters. The summed E-state index contributed by atoms with van der Waals surface area (Å²) in [5.74, 6) is -0.239. The first-order valence-corrected chi connectivity index (χ1v) is 9.93. The molecule has 0 aliphatic heterocycles. The Morgan fingerprint density at radius 1 is 0.960 bits per heavy atom. The van der Waals surface area contributed by atoms with Crippen molar-refractivity contribution in [2.75, 3.05) is 6.61 Å². The number of aryl methyl sites for hydroxylation is 2. The van der Waals surface area contributed by atoms with Crippen molar-refractivity contribution in [1.82, 2.24) is 0 Å². The molecule has 1 unspecified atom stereocenters. The first-order valence-electron chi connectivity index (χ1n) is 9.93. The first-order chi connectivity index (χ1) is 11.9. The van der Waals surface area contributed by atoms with Crippen LogP contribution in [0.3, 0.4) is 0 Å². The summed E-state index contributed by atoms with van der Waals surface area (Å²) in [6.07, 6.45) is 11.8. The number of nitrogens with two attached hydrogens (primary N) is 1. The molecule has 1 aromatic carbocycles. The summed E-state index contributed by atoms with van der Waals surface area (Å²) in [5, 5.41) is 0. The number of hydrogen-bond donors (Lipinski definition) is 1. The molecule has 0 radical (unpaired) electrons. The van der Waals surface area contributed by atoms with E-state index in [1.807, 2.05) is 6.92 Å². The highest BCUT2D eigenvalue weighted by Gasteiger charge is 2.18. The van der Waals surface area contributed by atoms with E-state index in [-0.39, 0.29) is 11.5 Å². The summed E-state index contributed by atoms with van der Waals surface area (Å²) in [5.41, 5.74) is 8.77. The number of benzene rings is 1. The van der Waals surface area contributed by atoms with E-state index in [4.69, 9.17) is 10.5 Å². The van der Waals surface area contributed by atoms with Gasteiger partial charge in [0.1, 0.15) is 0 Å². The van der Waals surface area contributed by atoms with Crippen LogP contribution in [0.4, 0.5) is 0 Å². The molecule has 0 bridgehead atoms. The molecule has 0 amide bonds. The van der Waals surface area contributed by atoms with Crippen molar-refractivity contribution in [3.8, 4) is 0 Å². The van der Waals surface area contributed by atoms with Crippen LogP contribution in [0.2, 0.25) is 0 Å². The van der Waals surface area contributed by atoms with Crippen LogP contribution in [0.15, 0.2) is 24.3 Å². The number of esters is 1. The van der Waals surface area contributed by atoms with E-state index >= 15 is 0 Å². The van der Waals surface area contributed by atoms with Crippen molar-refractivity contribution in [1.29, 1.82) is 0 Å². The third kappa shape index (κ3) is 11.0. The fourth-order valence-corrected chi connectivity index (χ4v) is 2.96. The van der Waals surface area contributed by atoms with E-state index in [9.17, 15) is 4.79 Å². The Morgan fingerprint density at radius 2 is 1.52 bits per heavy atom. The highest BCUT2D eigenvalue weighted by atomic mass is 16.5. The SMILES string of the molecule is CCCCCCCCc1ccc(CCC(C)(N)CCOC(C)=O)cc1. The lowest BCUT2D eigenvalue weighted by atomic mass is 9.91. The molecule has 0 spiro atoms. The average Bonchev–Trinajstić information content (AvgIpc) is 2.57.